The number of aryl methyl sites for hydroxylation is 2. The van der Waals surface area contributed by atoms with Crippen molar-refractivity contribution >= 4 is 39.0 Å². The summed E-state index contributed by atoms with van der Waals surface area (Å²) in [7, 11) is -4.00. The first-order valence-electron chi connectivity index (χ1n) is 10.9. The Morgan fingerprint density at radius 1 is 1.34 bits per heavy atom. The van der Waals surface area contributed by atoms with Crippen molar-refractivity contribution in [2.24, 2.45) is 0 Å². The Bertz CT molecular complexity index is 1420. The van der Waals surface area contributed by atoms with Gasteiger partial charge in [0.15, 0.2) is 12.3 Å². The van der Waals surface area contributed by atoms with Gasteiger partial charge in [0.2, 0.25) is 10.0 Å². The number of carbonyl (C=O) groups is 2. The average molecular weight is 521 g/mol. The van der Waals surface area contributed by atoms with Gasteiger partial charge in [-0.15, -0.1) is 16.2 Å². The molecule has 1 fully saturated rings. The number of nitrogens with zero attached hydrogens (tertiary/aromatic N) is 4. The molecule has 13 heteroatoms. The van der Waals surface area contributed by atoms with E-state index in [2.05, 4.69) is 14.9 Å². The molecule has 0 saturated heterocycles. The number of halogens is 1. The lowest BCUT2D eigenvalue weighted by atomic mass is 9.99. The second kappa shape index (κ2) is 8.57. The third-order valence-electron chi connectivity index (χ3n) is 6.08. The quantitative estimate of drug-likeness (QED) is 0.529. The van der Waals surface area contributed by atoms with E-state index in [1.165, 1.54) is 34.1 Å². The molecular weight excluding hydrogens is 497 g/mol. The molecule has 0 aromatic carbocycles. The van der Waals surface area contributed by atoms with Gasteiger partial charge in [-0.25, -0.2) is 27.3 Å². The van der Waals surface area contributed by atoms with Gasteiger partial charge in [0.25, 0.3) is 0 Å². The van der Waals surface area contributed by atoms with Crippen molar-refractivity contribution in [2.75, 3.05) is 6.67 Å². The zero-order valence-corrected chi connectivity index (χ0v) is 20.7. The smallest absolute Gasteiger partial charge is 0.357 e. The van der Waals surface area contributed by atoms with Gasteiger partial charge < -0.3 is 4.52 Å². The van der Waals surface area contributed by atoms with Crippen LogP contribution in [0, 0.1) is 13.8 Å². The number of rotatable bonds is 8. The molecule has 35 heavy (non-hydrogen) atoms. The van der Waals surface area contributed by atoms with Gasteiger partial charge in [-0.05, 0) is 38.8 Å². The molecule has 2 aromatic rings. The van der Waals surface area contributed by atoms with Gasteiger partial charge in [0.05, 0.1) is 21.9 Å². The third kappa shape index (κ3) is 4.50. The Morgan fingerprint density at radius 2 is 2.11 bits per heavy atom. The minimum atomic E-state index is -4.00. The second-order valence-corrected chi connectivity index (χ2v) is 11.8. The lowest BCUT2D eigenvalue weighted by Gasteiger charge is -2.26. The summed E-state index contributed by atoms with van der Waals surface area (Å²) < 4.78 is 48.3. The number of nitrogens with one attached hydrogen (secondary N) is 1. The van der Waals surface area contributed by atoms with Crippen LogP contribution in [0.15, 0.2) is 39.8 Å². The maximum absolute atomic E-state index is 13.4. The molecule has 3 aliphatic rings. The Balaban J connectivity index is 1.53. The van der Waals surface area contributed by atoms with Gasteiger partial charge in [-0.2, -0.15) is 9.37 Å². The Hall–Kier alpha value is -3.03. The summed E-state index contributed by atoms with van der Waals surface area (Å²) in [6.07, 6.45) is 5.00. The first-order valence-corrected chi connectivity index (χ1v) is 13.4. The number of aromatic nitrogens is 2. The highest BCUT2D eigenvalue weighted by molar-refractivity contribution is 7.90. The number of imide groups is 1. The standard InChI is InChI=1S/C22H23FN5O5S2/c1-13-7-16(33-25-13)10-28-20(29)18-8-17(35(31,32)26-22(12-23)5-6-22)3-4-19(18)27(21(28)30)9-15-11-34-14(2)24-15/h3-4,7-8,11,17,26H,5-6,9-10,12H2,1-2H3/q+1. The summed E-state index contributed by atoms with van der Waals surface area (Å²) >= 11 is 1.43. The number of alkyl halides is 1. The SMILES string of the molecule is Cc1cc(CN2C(=O)C3=CC(S(=O)(=O)NC4(CF)CC4)C=CC3=[N+](Cc3csc(C)n3)C2=O)on1. The number of hydrogen-bond donors (Lipinski definition) is 1. The maximum Gasteiger partial charge on any atom is 0.502 e. The van der Waals surface area contributed by atoms with Crippen LogP contribution in [0.1, 0.15) is 35.0 Å². The van der Waals surface area contributed by atoms with Crippen LogP contribution in [0.4, 0.5) is 9.18 Å². The van der Waals surface area contributed by atoms with E-state index in [0.717, 1.165) is 9.91 Å². The highest BCUT2D eigenvalue weighted by Crippen LogP contribution is 2.37. The third-order valence-corrected chi connectivity index (χ3v) is 8.63. The Labute approximate surface area is 204 Å². The van der Waals surface area contributed by atoms with Crippen molar-refractivity contribution in [3.63, 3.8) is 0 Å². The first-order chi connectivity index (χ1) is 16.6. The number of allylic oxidation sites excluding steroid dienone is 1. The van der Waals surface area contributed by atoms with Gasteiger partial charge in [0.1, 0.15) is 29.8 Å². The molecule has 2 aromatic heterocycles. The summed E-state index contributed by atoms with van der Waals surface area (Å²) in [5, 5.41) is 5.26. The van der Waals surface area contributed by atoms with Crippen molar-refractivity contribution in [3.8, 4) is 0 Å². The van der Waals surface area contributed by atoms with E-state index in [1.54, 1.807) is 13.0 Å². The van der Waals surface area contributed by atoms with Crippen LogP contribution in [0.2, 0.25) is 0 Å². The molecule has 2 aliphatic carbocycles. The minimum Gasteiger partial charge on any atom is -0.357 e. The average Bonchev–Trinajstić information content (AvgIpc) is 3.26. The molecule has 1 atom stereocenters. The number of carbonyl (C=O) groups excluding carboxylic acids is 2. The molecule has 0 spiro atoms. The Morgan fingerprint density at radius 3 is 2.71 bits per heavy atom. The topological polar surface area (TPSA) is 125 Å². The van der Waals surface area contributed by atoms with E-state index in [4.69, 9.17) is 4.52 Å². The van der Waals surface area contributed by atoms with E-state index in [1.807, 2.05) is 12.3 Å². The molecule has 184 valence electrons. The predicted molar refractivity (Wildman–Crippen MR) is 124 cm³/mol. The van der Waals surface area contributed by atoms with Crippen molar-refractivity contribution in [2.45, 2.75) is 50.6 Å². The number of amides is 3. The number of fused-ring (bicyclic) bond motifs is 1. The van der Waals surface area contributed by atoms with Gasteiger partial charge in [0, 0.05) is 11.4 Å². The number of sulfonamides is 1. The second-order valence-electron chi connectivity index (χ2n) is 8.90. The van der Waals surface area contributed by atoms with Crippen molar-refractivity contribution in [1.82, 2.24) is 19.8 Å². The monoisotopic (exact) mass is 520 g/mol. The normalized spacial score (nSPS) is 21.4. The van der Waals surface area contributed by atoms with Crippen LogP contribution in [-0.4, -0.2) is 63.1 Å². The molecule has 5 rings (SSSR count). The molecule has 1 saturated carbocycles. The molecule has 0 radical (unpaired) electrons. The van der Waals surface area contributed by atoms with Gasteiger partial charge >= 0.3 is 11.9 Å². The fraction of sp³-hybridized carbons (Fsp3) is 0.409. The van der Waals surface area contributed by atoms with Gasteiger partial charge in [-0.1, -0.05) is 11.2 Å². The molecule has 0 bridgehead atoms. The summed E-state index contributed by atoms with van der Waals surface area (Å²) in [4.78, 5) is 32.2. The molecule has 10 nitrogen and oxygen atoms in total. The molecule has 1 N–H and O–H groups in total. The van der Waals surface area contributed by atoms with Gasteiger partial charge in [-0.3, -0.25) is 0 Å². The van der Waals surface area contributed by atoms with Crippen LogP contribution in [0.5, 0.6) is 0 Å². The summed E-state index contributed by atoms with van der Waals surface area (Å²) in [6, 6.07) is 1.03. The molecular formula is C22H23FN5O5S2+. The minimum absolute atomic E-state index is 0.0655. The van der Waals surface area contributed by atoms with Crippen molar-refractivity contribution in [3.05, 3.63) is 57.4 Å². The number of hydrogen-bond acceptors (Lipinski definition) is 8. The number of urea groups is 1. The van der Waals surface area contributed by atoms with Crippen LogP contribution in [0.25, 0.3) is 0 Å². The van der Waals surface area contributed by atoms with Crippen LogP contribution in [-0.2, 0) is 27.9 Å². The van der Waals surface area contributed by atoms with Crippen LogP contribution >= 0.6 is 11.3 Å². The van der Waals surface area contributed by atoms with Crippen LogP contribution in [0.3, 0.4) is 0 Å². The Kier molecular flexibility index (Phi) is 5.80. The molecule has 1 unspecified atom stereocenters. The first kappa shape index (κ1) is 23.7. The highest BCUT2D eigenvalue weighted by Gasteiger charge is 2.49. The largest absolute Gasteiger partial charge is 0.502 e. The zero-order valence-electron chi connectivity index (χ0n) is 19.0. The zero-order chi connectivity index (χ0) is 25.0. The van der Waals surface area contributed by atoms with Crippen molar-refractivity contribution < 1.29 is 31.5 Å². The highest BCUT2D eigenvalue weighted by atomic mass is 32.2. The summed E-state index contributed by atoms with van der Waals surface area (Å²) in [6.45, 7) is 2.70. The number of thiazole rings is 1. The molecule has 3 heterocycles. The van der Waals surface area contributed by atoms with E-state index in [9.17, 15) is 22.4 Å². The molecule has 1 aliphatic heterocycles. The lowest BCUT2D eigenvalue weighted by Crippen LogP contribution is -2.51. The summed E-state index contributed by atoms with van der Waals surface area (Å²) in [5.41, 5.74) is 0.523. The fourth-order valence-corrected chi connectivity index (χ4v) is 6.24. The van der Waals surface area contributed by atoms with E-state index in [-0.39, 0.29) is 24.4 Å². The van der Waals surface area contributed by atoms with Crippen LogP contribution < -0.4 is 4.72 Å². The fourth-order valence-electron chi connectivity index (χ4n) is 4.04. The van der Waals surface area contributed by atoms with E-state index < -0.39 is 39.4 Å². The lowest BCUT2D eigenvalue weighted by molar-refractivity contribution is -0.454. The van der Waals surface area contributed by atoms with Crippen molar-refractivity contribution in [1.29, 1.82) is 0 Å². The summed E-state index contributed by atoms with van der Waals surface area (Å²) in [5.74, 6) is -0.338. The predicted octanol–water partition coefficient (Wildman–Crippen LogP) is 2.15. The van der Waals surface area contributed by atoms with E-state index in [0.29, 0.717) is 30.0 Å². The molecule has 3 amide bonds. The maximum atomic E-state index is 13.4. The van der Waals surface area contributed by atoms with E-state index >= 15 is 0 Å².